The Morgan fingerprint density at radius 2 is 1.24 bits per heavy atom. The first-order valence-corrected chi connectivity index (χ1v) is 20.8. The van der Waals surface area contributed by atoms with Crippen molar-refractivity contribution >= 4 is 29.8 Å². The molecule has 2 fully saturated rings. The van der Waals surface area contributed by atoms with Crippen LogP contribution < -0.4 is 18.9 Å². The third-order valence-corrected chi connectivity index (χ3v) is 10.4. The molecule has 0 radical (unpaired) electrons. The van der Waals surface area contributed by atoms with Gasteiger partial charge < -0.3 is 37.9 Å². The molecule has 2 aromatic rings. The van der Waals surface area contributed by atoms with E-state index >= 15 is 0 Å². The van der Waals surface area contributed by atoms with Crippen molar-refractivity contribution in [3.05, 3.63) is 72.3 Å². The highest BCUT2D eigenvalue weighted by Crippen LogP contribution is 2.35. The van der Waals surface area contributed by atoms with Crippen molar-refractivity contribution in [1.29, 1.82) is 0 Å². The summed E-state index contributed by atoms with van der Waals surface area (Å²) in [5.41, 5.74) is 0.819. The summed E-state index contributed by atoms with van der Waals surface area (Å²) in [5, 5.41) is 0. The van der Waals surface area contributed by atoms with Gasteiger partial charge >= 0.3 is 29.8 Å². The molecule has 0 bridgehead atoms. The average Bonchev–Trinajstić information content (AvgIpc) is 3.21. The highest BCUT2D eigenvalue weighted by atomic mass is 16.7. The molecule has 0 N–H and O–H groups in total. The fourth-order valence-corrected chi connectivity index (χ4v) is 6.96. The summed E-state index contributed by atoms with van der Waals surface area (Å²) in [6.45, 7) is 18.3. The van der Waals surface area contributed by atoms with Gasteiger partial charge in [-0.1, -0.05) is 33.4 Å². The van der Waals surface area contributed by atoms with Crippen molar-refractivity contribution in [1.82, 2.24) is 0 Å². The third-order valence-electron chi connectivity index (χ3n) is 10.4. The van der Waals surface area contributed by atoms with Crippen LogP contribution in [0, 0.1) is 11.8 Å². The highest BCUT2D eigenvalue weighted by Gasteiger charge is 2.34. The molecule has 0 aromatic heterocycles. The second-order valence-electron chi connectivity index (χ2n) is 15.3. The van der Waals surface area contributed by atoms with Gasteiger partial charge in [0.1, 0.15) is 17.6 Å². The Bertz CT molecular complexity index is 1770. The maximum absolute atomic E-state index is 13.3. The number of benzene rings is 2. The first-order chi connectivity index (χ1) is 28.2. The molecular formula is C46H60O13. The second kappa shape index (κ2) is 23.0. The molecule has 13 heteroatoms. The van der Waals surface area contributed by atoms with Gasteiger partial charge in [0.15, 0.2) is 11.5 Å². The van der Waals surface area contributed by atoms with Crippen LogP contribution in [0.15, 0.2) is 66.8 Å². The monoisotopic (exact) mass is 820 g/mol. The molecule has 2 aliphatic rings. The van der Waals surface area contributed by atoms with Crippen LogP contribution in [0.4, 0.5) is 0 Å². The fraction of sp³-hybridized carbons (Fsp3) is 0.543. The topological polar surface area (TPSA) is 159 Å². The molecular weight excluding hydrogens is 760 g/mol. The molecule has 2 saturated carbocycles. The highest BCUT2D eigenvalue weighted by molar-refractivity contribution is 5.92. The summed E-state index contributed by atoms with van der Waals surface area (Å²) in [4.78, 5) is 63.2. The van der Waals surface area contributed by atoms with Gasteiger partial charge in [-0.3, -0.25) is 9.59 Å². The fourth-order valence-electron chi connectivity index (χ4n) is 6.96. The Morgan fingerprint density at radius 3 is 1.80 bits per heavy atom. The SMILES string of the molecule is C=C(C)C(=O)Oc1ccc(C(=O)Oc2ccc(OC(=O)C3CCC(OC(CCC)OC(=O)C4CCC(OC(C)C(CC)OC(=O)C(=C)C)CC4)CC3)cc2OCC)cc1. The van der Waals surface area contributed by atoms with Gasteiger partial charge in [-0.05, 0) is 122 Å². The molecule has 0 spiro atoms. The van der Waals surface area contributed by atoms with E-state index in [9.17, 15) is 24.0 Å². The Labute approximate surface area is 347 Å². The number of ether oxygens (including phenoxy) is 8. The van der Waals surface area contributed by atoms with Crippen LogP contribution in [0.1, 0.15) is 123 Å². The van der Waals surface area contributed by atoms with Crippen molar-refractivity contribution < 1.29 is 61.9 Å². The number of carbonyl (C=O) groups is 5. The van der Waals surface area contributed by atoms with Crippen molar-refractivity contribution in [3.8, 4) is 23.0 Å². The number of esters is 5. The van der Waals surface area contributed by atoms with E-state index in [4.69, 9.17) is 37.9 Å². The van der Waals surface area contributed by atoms with E-state index in [1.807, 2.05) is 20.8 Å². The van der Waals surface area contributed by atoms with Crippen LogP contribution in [0.25, 0.3) is 0 Å². The second-order valence-corrected chi connectivity index (χ2v) is 15.3. The molecule has 59 heavy (non-hydrogen) atoms. The van der Waals surface area contributed by atoms with Gasteiger partial charge in [-0.25, -0.2) is 14.4 Å². The van der Waals surface area contributed by atoms with Gasteiger partial charge in [0, 0.05) is 23.6 Å². The number of hydrogen-bond donors (Lipinski definition) is 0. The summed E-state index contributed by atoms with van der Waals surface area (Å²) in [7, 11) is 0. The van der Waals surface area contributed by atoms with Gasteiger partial charge in [0.2, 0.25) is 6.29 Å². The molecule has 322 valence electrons. The van der Waals surface area contributed by atoms with Gasteiger partial charge in [-0.15, -0.1) is 0 Å². The Hall–Kier alpha value is -5.01. The van der Waals surface area contributed by atoms with Crippen molar-refractivity contribution in [2.75, 3.05) is 6.61 Å². The van der Waals surface area contributed by atoms with Gasteiger partial charge in [0.25, 0.3) is 0 Å². The lowest BCUT2D eigenvalue weighted by Gasteiger charge is -2.33. The predicted octanol–water partition coefficient (Wildman–Crippen LogP) is 8.80. The number of carbonyl (C=O) groups excluding carboxylic acids is 5. The minimum atomic E-state index is -0.668. The lowest BCUT2D eigenvalue weighted by molar-refractivity contribution is -0.201. The van der Waals surface area contributed by atoms with Crippen LogP contribution in [0.2, 0.25) is 0 Å². The molecule has 4 rings (SSSR count). The first-order valence-electron chi connectivity index (χ1n) is 20.8. The Kier molecular flexibility index (Phi) is 18.2. The van der Waals surface area contributed by atoms with Gasteiger partial charge in [0.05, 0.1) is 42.3 Å². The first kappa shape index (κ1) is 46.7. The van der Waals surface area contributed by atoms with E-state index in [0.29, 0.717) is 69.8 Å². The number of hydrogen-bond acceptors (Lipinski definition) is 13. The predicted molar refractivity (Wildman–Crippen MR) is 218 cm³/mol. The smallest absolute Gasteiger partial charge is 0.343 e. The maximum atomic E-state index is 13.3. The molecule has 0 heterocycles. The van der Waals surface area contributed by atoms with Crippen LogP contribution in [-0.2, 0) is 38.1 Å². The Morgan fingerprint density at radius 1 is 0.661 bits per heavy atom. The molecule has 2 aliphatic carbocycles. The van der Waals surface area contributed by atoms with Crippen LogP contribution in [0.3, 0.4) is 0 Å². The summed E-state index contributed by atoms with van der Waals surface area (Å²) >= 11 is 0. The third kappa shape index (κ3) is 14.3. The summed E-state index contributed by atoms with van der Waals surface area (Å²) < 4.78 is 46.2. The van der Waals surface area contributed by atoms with E-state index in [2.05, 4.69) is 13.2 Å². The zero-order valence-corrected chi connectivity index (χ0v) is 35.3. The van der Waals surface area contributed by atoms with E-state index in [-0.39, 0.29) is 88.9 Å². The van der Waals surface area contributed by atoms with E-state index in [0.717, 1.165) is 6.42 Å². The molecule has 0 aliphatic heterocycles. The van der Waals surface area contributed by atoms with Crippen LogP contribution in [-0.4, -0.2) is 67.2 Å². The molecule has 2 aromatic carbocycles. The van der Waals surface area contributed by atoms with Crippen LogP contribution >= 0.6 is 0 Å². The van der Waals surface area contributed by atoms with E-state index < -0.39 is 24.2 Å². The molecule has 3 atom stereocenters. The summed E-state index contributed by atoms with van der Waals surface area (Å²) in [6.07, 6.45) is 5.42. The summed E-state index contributed by atoms with van der Waals surface area (Å²) in [6, 6.07) is 10.4. The maximum Gasteiger partial charge on any atom is 0.343 e. The normalized spacial score (nSPS) is 20.5. The standard InChI is InChI=1S/C46H60O13/c1-9-12-41(59-46(51)33-13-19-34(20-14-33)53-30(8)38(10-2)57-43(48)29(6)7)54-35-21-15-31(16-22-35)44(49)56-37-25-26-39(40(27-37)52-11-3)58-45(50)32-17-23-36(24-18-32)55-42(47)28(4)5/h17-18,23-27,30-31,33-35,38,41H,4,6,9-16,19-22H2,1-3,5,7-8H3. The quantitative estimate of drug-likeness (QED) is 0.0540. The minimum absolute atomic E-state index is 0.0360. The van der Waals surface area contributed by atoms with E-state index in [1.54, 1.807) is 13.8 Å². The van der Waals surface area contributed by atoms with Crippen molar-refractivity contribution in [2.45, 2.75) is 143 Å². The molecule has 0 amide bonds. The zero-order chi connectivity index (χ0) is 43.1. The van der Waals surface area contributed by atoms with Crippen LogP contribution in [0.5, 0.6) is 23.0 Å². The minimum Gasteiger partial charge on any atom is -0.490 e. The molecule has 3 unspecified atom stereocenters. The largest absolute Gasteiger partial charge is 0.490 e. The summed E-state index contributed by atoms with van der Waals surface area (Å²) in [5.74, 6) is -2.02. The lowest BCUT2D eigenvalue weighted by atomic mass is 9.87. The van der Waals surface area contributed by atoms with Crippen molar-refractivity contribution in [3.63, 3.8) is 0 Å². The lowest BCUT2D eigenvalue weighted by Crippen LogP contribution is -2.37. The van der Waals surface area contributed by atoms with Crippen molar-refractivity contribution in [2.24, 2.45) is 11.8 Å². The molecule has 0 saturated heterocycles. The Balaban J connectivity index is 1.22. The average molecular weight is 821 g/mol. The van der Waals surface area contributed by atoms with Gasteiger partial charge in [-0.2, -0.15) is 0 Å². The molecule has 13 nitrogen and oxygen atoms in total. The number of rotatable bonds is 20. The van der Waals surface area contributed by atoms with E-state index in [1.165, 1.54) is 49.4 Å². The zero-order valence-electron chi connectivity index (χ0n) is 35.3.